The molecule has 0 aromatic heterocycles. The summed E-state index contributed by atoms with van der Waals surface area (Å²) in [6.07, 6.45) is -2.75. The van der Waals surface area contributed by atoms with Gasteiger partial charge >= 0.3 is 5.97 Å². The van der Waals surface area contributed by atoms with Crippen LogP contribution in [0, 0.1) is 0 Å². The van der Waals surface area contributed by atoms with Crippen molar-refractivity contribution in [1.29, 1.82) is 0 Å². The molecule has 0 aromatic rings. The van der Waals surface area contributed by atoms with Crippen LogP contribution in [0.4, 0.5) is 4.39 Å². The molecule has 0 bridgehead atoms. The zero-order valence-corrected chi connectivity index (χ0v) is 5.21. The van der Waals surface area contributed by atoms with E-state index in [1.807, 2.05) is 0 Å². The van der Waals surface area contributed by atoms with E-state index in [1.165, 1.54) is 0 Å². The van der Waals surface area contributed by atoms with Crippen molar-refractivity contribution in [2.75, 3.05) is 0 Å². The smallest absolute Gasteiger partial charge is 0.303 e. The molecule has 0 amide bonds. The van der Waals surface area contributed by atoms with E-state index in [2.05, 4.69) is 5.73 Å². The normalized spacial score (nSPS) is 12.6. The lowest BCUT2D eigenvalue weighted by atomic mass is 10.2. The highest BCUT2D eigenvalue weighted by Gasteiger charge is 2.12. The summed E-state index contributed by atoms with van der Waals surface area (Å²) in [4.78, 5) is 20.1. The molecule has 0 radical (unpaired) electrons. The van der Waals surface area contributed by atoms with Crippen LogP contribution in [0.3, 0.4) is 0 Å². The molecule has 0 heterocycles. The number of hydrogen-bond acceptors (Lipinski definition) is 3. The van der Waals surface area contributed by atoms with Gasteiger partial charge in [-0.3, -0.25) is 15.3 Å². The van der Waals surface area contributed by atoms with Gasteiger partial charge in [0.25, 0.3) is 0 Å². The minimum absolute atomic E-state index is 0.340. The highest BCUT2D eigenvalue weighted by molar-refractivity contribution is 5.85. The number of carboxylic acids is 1. The molecule has 0 aromatic carbocycles. The maximum absolute atomic E-state index is 11.8. The van der Waals surface area contributed by atoms with Crippen LogP contribution in [0.5, 0.6) is 0 Å². The van der Waals surface area contributed by atoms with Gasteiger partial charge in [0.15, 0.2) is 5.78 Å². The average molecular weight is 149 g/mol. The number of hydrogen-bond donors (Lipinski definition) is 2. The average Bonchev–Trinajstić information content (AvgIpc) is 1.82. The molecule has 0 aliphatic heterocycles. The second-order valence-electron chi connectivity index (χ2n) is 1.76. The summed E-state index contributed by atoms with van der Waals surface area (Å²) >= 11 is 0. The van der Waals surface area contributed by atoms with Crippen molar-refractivity contribution in [1.82, 2.24) is 0 Å². The van der Waals surface area contributed by atoms with Crippen LogP contribution in [-0.4, -0.2) is 23.2 Å². The first-order valence-corrected chi connectivity index (χ1v) is 2.68. The zero-order chi connectivity index (χ0) is 8.15. The standard InChI is InChI=1S/C5H8FNO3/c6-5(7)3(8)1-2-4(9)10/h5H,1-2,7H2,(H,9,10). The highest BCUT2D eigenvalue weighted by Crippen LogP contribution is 1.94. The first-order valence-electron chi connectivity index (χ1n) is 2.68. The van der Waals surface area contributed by atoms with Gasteiger partial charge in [-0.2, -0.15) is 0 Å². The first-order chi connectivity index (χ1) is 4.54. The third-order valence-corrected chi connectivity index (χ3v) is 0.893. The molecule has 0 fully saturated rings. The van der Waals surface area contributed by atoms with Gasteiger partial charge in [-0.1, -0.05) is 0 Å². The number of ketones is 1. The van der Waals surface area contributed by atoms with E-state index in [0.29, 0.717) is 0 Å². The summed E-state index contributed by atoms with van der Waals surface area (Å²) in [5.41, 5.74) is 4.51. The molecule has 4 nitrogen and oxygen atoms in total. The summed E-state index contributed by atoms with van der Waals surface area (Å²) in [7, 11) is 0. The van der Waals surface area contributed by atoms with Crippen LogP contribution in [0.2, 0.25) is 0 Å². The molecule has 0 aliphatic rings. The van der Waals surface area contributed by atoms with E-state index in [-0.39, 0.29) is 12.8 Å². The van der Waals surface area contributed by atoms with Crippen LogP contribution < -0.4 is 5.73 Å². The second-order valence-corrected chi connectivity index (χ2v) is 1.76. The Bertz CT molecular complexity index is 146. The monoisotopic (exact) mass is 149 g/mol. The Hall–Kier alpha value is -0.970. The molecular formula is C5H8FNO3. The van der Waals surface area contributed by atoms with Gasteiger partial charge in [-0.05, 0) is 0 Å². The van der Waals surface area contributed by atoms with E-state index in [4.69, 9.17) is 5.11 Å². The molecule has 0 saturated heterocycles. The van der Waals surface area contributed by atoms with Crippen molar-refractivity contribution in [2.45, 2.75) is 19.1 Å². The van der Waals surface area contributed by atoms with Crippen molar-refractivity contribution in [3.8, 4) is 0 Å². The van der Waals surface area contributed by atoms with E-state index in [9.17, 15) is 14.0 Å². The molecule has 1 unspecified atom stereocenters. The van der Waals surface area contributed by atoms with Crippen LogP contribution in [-0.2, 0) is 9.59 Å². The molecule has 0 aliphatic carbocycles. The molecule has 58 valence electrons. The molecule has 0 saturated carbocycles. The van der Waals surface area contributed by atoms with Crippen LogP contribution in [0.1, 0.15) is 12.8 Å². The summed E-state index contributed by atoms with van der Waals surface area (Å²) in [6.45, 7) is 0. The molecule has 10 heavy (non-hydrogen) atoms. The largest absolute Gasteiger partial charge is 0.481 e. The lowest BCUT2D eigenvalue weighted by Crippen LogP contribution is -2.25. The van der Waals surface area contributed by atoms with E-state index >= 15 is 0 Å². The highest BCUT2D eigenvalue weighted by atomic mass is 19.1. The third-order valence-electron chi connectivity index (χ3n) is 0.893. The topological polar surface area (TPSA) is 80.4 Å². The van der Waals surface area contributed by atoms with Crippen molar-refractivity contribution in [3.05, 3.63) is 0 Å². The fourth-order valence-electron chi connectivity index (χ4n) is 0.368. The number of aliphatic carboxylic acids is 1. The Morgan fingerprint density at radius 2 is 2.00 bits per heavy atom. The van der Waals surface area contributed by atoms with Crippen LogP contribution >= 0.6 is 0 Å². The van der Waals surface area contributed by atoms with Gasteiger partial charge in [0.05, 0.1) is 6.42 Å². The number of rotatable bonds is 4. The Kier molecular flexibility index (Phi) is 3.56. The van der Waals surface area contributed by atoms with Crippen molar-refractivity contribution in [3.63, 3.8) is 0 Å². The summed E-state index contributed by atoms with van der Waals surface area (Å²) in [6, 6.07) is 0. The lowest BCUT2D eigenvalue weighted by molar-refractivity contribution is -0.139. The second kappa shape index (κ2) is 3.94. The van der Waals surface area contributed by atoms with Gasteiger partial charge < -0.3 is 5.11 Å². The fourth-order valence-corrected chi connectivity index (χ4v) is 0.368. The number of carbonyl (C=O) groups is 2. The third kappa shape index (κ3) is 3.96. The Morgan fingerprint density at radius 3 is 2.30 bits per heavy atom. The molecule has 5 heteroatoms. The van der Waals surface area contributed by atoms with Crippen molar-refractivity contribution < 1.29 is 19.1 Å². The zero-order valence-electron chi connectivity index (χ0n) is 5.21. The Labute approximate surface area is 56.8 Å². The molecule has 3 N–H and O–H groups in total. The van der Waals surface area contributed by atoms with Crippen molar-refractivity contribution in [2.24, 2.45) is 5.73 Å². The molecule has 0 rings (SSSR count). The van der Waals surface area contributed by atoms with E-state index in [0.717, 1.165) is 0 Å². The fraction of sp³-hybridized carbons (Fsp3) is 0.600. The lowest BCUT2D eigenvalue weighted by Gasteiger charge is -1.96. The van der Waals surface area contributed by atoms with Crippen molar-refractivity contribution >= 4 is 11.8 Å². The van der Waals surface area contributed by atoms with Crippen LogP contribution in [0.15, 0.2) is 0 Å². The first kappa shape index (κ1) is 9.03. The van der Waals surface area contributed by atoms with Crippen LogP contribution in [0.25, 0.3) is 0 Å². The summed E-state index contributed by atoms with van der Waals surface area (Å²) < 4.78 is 11.8. The molecule has 1 atom stereocenters. The summed E-state index contributed by atoms with van der Waals surface area (Å²) in [5.74, 6) is -2.00. The quantitative estimate of drug-likeness (QED) is 0.536. The van der Waals surface area contributed by atoms with E-state index in [1.54, 1.807) is 0 Å². The van der Waals surface area contributed by atoms with Gasteiger partial charge in [-0.25, -0.2) is 4.39 Å². The number of carboxylic acid groups (broad SMARTS) is 1. The summed E-state index contributed by atoms with van der Waals surface area (Å²) in [5, 5.41) is 8.03. The van der Waals surface area contributed by atoms with Gasteiger partial charge in [0.1, 0.15) is 0 Å². The predicted octanol–water partition coefficient (Wildman–Crippen LogP) is -0.325. The number of alkyl halides is 1. The molecular weight excluding hydrogens is 141 g/mol. The SMILES string of the molecule is NC(F)C(=O)CCC(=O)O. The van der Waals surface area contributed by atoms with Gasteiger partial charge in [0, 0.05) is 6.42 Å². The molecule has 0 spiro atoms. The minimum Gasteiger partial charge on any atom is -0.481 e. The van der Waals surface area contributed by atoms with Gasteiger partial charge in [-0.15, -0.1) is 0 Å². The number of halogens is 1. The van der Waals surface area contributed by atoms with E-state index < -0.39 is 18.0 Å². The number of nitrogens with two attached hydrogens (primary N) is 1. The Morgan fingerprint density at radius 1 is 1.50 bits per heavy atom. The number of carbonyl (C=O) groups excluding carboxylic acids is 1. The minimum atomic E-state index is -2.04. The Balaban J connectivity index is 3.50. The maximum atomic E-state index is 11.8. The maximum Gasteiger partial charge on any atom is 0.303 e. The predicted molar refractivity (Wildman–Crippen MR) is 31.0 cm³/mol. The van der Waals surface area contributed by atoms with Gasteiger partial charge in [0.2, 0.25) is 6.30 Å². The number of Topliss-reactive ketones (excluding diaryl/α,β-unsaturated/α-hetero) is 1.